The molecule has 4 nitrogen and oxygen atoms in total. The normalized spacial score (nSPS) is 16.3. The van der Waals surface area contributed by atoms with E-state index in [2.05, 4.69) is 18.0 Å². The molecule has 1 aromatic heterocycles. The van der Waals surface area contributed by atoms with Crippen LogP contribution in [0.3, 0.4) is 0 Å². The van der Waals surface area contributed by atoms with Crippen LogP contribution in [0.25, 0.3) is 16.5 Å². The third-order valence-corrected chi connectivity index (χ3v) is 6.70. The molecule has 0 saturated carbocycles. The second-order valence-electron chi connectivity index (χ2n) is 6.91. The van der Waals surface area contributed by atoms with Crippen LogP contribution in [-0.4, -0.2) is 37.4 Å². The summed E-state index contributed by atoms with van der Waals surface area (Å²) in [7, 11) is -1.70. The Morgan fingerprint density at radius 2 is 1.85 bits per heavy atom. The smallest absolute Gasteiger partial charge is 0.268 e. The molecule has 0 radical (unpaired) electrons. The van der Waals surface area contributed by atoms with Gasteiger partial charge in [-0.2, -0.15) is 0 Å². The van der Waals surface area contributed by atoms with Crippen molar-refractivity contribution >= 4 is 26.5 Å². The van der Waals surface area contributed by atoms with Gasteiger partial charge in [-0.15, -0.1) is 0 Å². The molecule has 1 aliphatic heterocycles. The summed E-state index contributed by atoms with van der Waals surface area (Å²) in [5.41, 5.74) is 2.35. The molecule has 4 rings (SSSR count). The van der Waals surface area contributed by atoms with Crippen LogP contribution in [0.2, 0.25) is 0 Å². The van der Waals surface area contributed by atoms with Gasteiger partial charge in [0.25, 0.3) is 10.0 Å². The lowest BCUT2D eigenvalue weighted by Gasteiger charge is -2.09. The molecule has 2 heterocycles. The summed E-state index contributed by atoms with van der Waals surface area (Å²) in [6.45, 7) is 1.78. The van der Waals surface area contributed by atoms with Crippen LogP contribution >= 0.6 is 0 Å². The number of aromatic nitrogens is 1. The number of nitrogens with zero attached hydrogens (tertiary/aromatic N) is 2. The van der Waals surface area contributed by atoms with Crippen LogP contribution in [0.1, 0.15) is 18.4 Å². The molecule has 3 aromatic rings. The predicted octanol–water partition coefficient (Wildman–Crippen LogP) is 4.13. The Kier molecular flexibility index (Phi) is 4.61. The molecular formula is C21H21FN2O2S. The summed E-state index contributed by atoms with van der Waals surface area (Å²) in [6.07, 6.45) is 5.58. The number of hydrogen-bond donors (Lipinski definition) is 0. The lowest BCUT2D eigenvalue weighted by atomic mass is 10.0. The molecule has 0 bridgehead atoms. The van der Waals surface area contributed by atoms with E-state index in [0.717, 1.165) is 37.1 Å². The fourth-order valence-corrected chi connectivity index (χ4v) is 4.97. The molecule has 0 unspecified atom stereocenters. The summed E-state index contributed by atoms with van der Waals surface area (Å²) < 4.78 is 41.6. The fraction of sp³-hybridized carbons (Fsp3) is 0.238. The van der Waals surface area contributed by atoms with Crippen molar-refractivity contribution in [2.75, 3.05) is 20.1 Å². The van der Waals surface area contributed by atoms with Crippen molar-refractivity contribution < 1.29 is 12.8 Å². The highest BCUT2D eigenvalue weighted by Gasteiger charge is 2.23. The standard InChI is InChI=1S/C21H21FN2O2S/c1-23-12-5-6-16(11-13-23)20-15-24(21-10-9-17(22)14-19(20)21)27(25,26)18-7-3-2-4-8-18/h2-4,7-11,14-15H,5-6,12-13H2,1H3. The Hall–Kier alpha value is -2.44. The van der Waals surface area contributed by atoms with Crippen molar-refractivity contribution in [1.29, 1.82) is 0 Å². The fourth-order valence-electron chi connectivity index (χ4n) is 3.58. The van der Waals surface area contributed by atoms with Crippen molar-refractivity contribution in [2.24, 2.45) is 0 Å². The highest BCUT2D eigenvalue weighted by molar-refractivity contribution is 7.90. The monoisotopic (exact) mass is 384 g/mol. The molecule has 6 heteroatoms. The Labute approximate surface area is 158 Å². The Bertz CT molecular complexity index is 1120. The molecule has 140 valence electrons. The number of rotatable bonds is 3. The first kappa shape index (κ1) is 17.9. The highest BCUT2D eigenvalue weighted by atomic mass is 32.2. The molecule has 0 spiro atoms. The lowest BCUT2D eigenvalue weighted by Crippen LogP contribution is -2.17. The van der Waals surface area contributed by atoms with Gasteiger partial charge in [0.2, 0.25) is 0 Å². The Morgan fingerprint density at radius 3 is 2.63 bits per heavy atom. The van der Waals surface area contributed by atoms with Crippen LogP contribution in [-0.2, 0) is 10.0 Å². The van der Waals surface area contributed by atoms with Crippen LogP contribution in [0.4, 0.5) is 4.39 Å². The van der Waals surface area contributed by atoms with E-state index < -0.39 is 10.0 Å². The van der Waals surface area contributed by atoms with E-state index in [9.17, 15) is 12.8 Å². The quantitative estimate of drug-likeness (QED) is 0.682. The Morgan fingerprint density at radius 1 is 1.07 bits per heavy atom. The summed E-state index contributed by atoms with van der Waals surface area (Å²) in [5, 5.41) is 0.630. The van der Waals surface area contributed by atoms with Gasteiger partial charge in [-0.05, 0) is 62.3 Å². The van der Waals surface area contributed by atoms with Gasteiger partial charge in [-0.1, -0.05) is 24.3 Å². The van der Waals surface area contributed by atoms with Gasteiger partial charge < -0.3 is 4.90 Å². The Balaban J connectivity index is 1.93. The zero-order valence-corrected chi connectivity index (χ0v) is 15.9. The van der Waals surface area contributed by atoms with Crippen molar-refractivity contribution in [3.8, 4) is 0 Å². The number of likely N-dealkylation sites (N-methyl/N-ethyl adjacent to an activating group) is 1. The lowest BCUT2D eigenvalue weighted by molar-refractivity contribution is 0.373. The summed E-state index contributed by atoms with van der Waals surface area (Å²) >= 11 is 0. The van der Waals surface area contributed by atoms with Gasteiger partial charge in [0.15, 0.2) is 0 Å². The minimum atomic E-state index is -3.76. The molecule has 27 heavy (non-hydrogen) atoms. The van der Waals surface area contributed by atoms with Crippen LogP contribution in [0.15, 0.2) is 65.7 Å². The molecule has 0 atom stereocenters. The maximum atomic E-state index is 14.0. The van der Waals surface area contributed by atoms with Crippen molar-refractivity contribution in [3.05, 3.63) is 72.2 Å². The summed E-state index contributed by atoms with van der Waals surface area (Å²) in [4.78, 5) is 2.43. The average Bonchev–Trinajstić information content (AvgIpc) is 2.91. The number of hydrogen-bond acceptors (Lipinski definition) is 3. The van der Waals surface area contributed by atoms with Gasteiger partial charge >= 0.3 is 0 Å². The molecule has 0 fully saturated rings. The van der Waals surface area contributed by atoms with Gasteiger partial charge in [-0.25, -0.2) is 16.8 Å². The van der Waals surface area contributed by atoms with E-state index in [1.165, 1.54) is 22.2 Å². The molecule has 1 aliphatic rings. The average molecular weight is 384 g/mol. The first-order chi connectivity index (χ1) is 13.0. The van der Waals surface area contributed by atoms with E-state index in [1.807, 2.05) is 0 Å². The van der Waals surface area contributed by atoms with E-state index in [0.29, 0.717) is 10.9 Å². The van der Waals surface area contributed by atoms with Crippen molar-refractivity contribution in [1.82, 2.24) is 8.87 Å². The largest absolute Gasteiger partial charge is 0.303 e. The van der Waals surface area contributed by atoms with Crippen molar-refractivity contribution in [2.45, 2.75) is 17.7 Å². The number of halogens is 1. The molecule has 0 N–H and O–H groups in total. The third kappa shape index (κ3) is 3.31. The maximum Gasteiger partial charge on any atom is 0.268 e. The van der Waals surface area contributed by atoms with Gasteiger partial charge in [0.05, 0.1) is 10.4 Å². The summed E-state index contributed by atoms with van der Waals surface area (Å²) in [5.74, 6) is -0.370. The third-order valence-electron chi connectivity index (χ3n) is 5.01. The van der Waals surface area contributed by atoms with Gasteiger partial charge in [0, 0.05) is 23.7 Å². The molecule has 0 aliphatic carbocycles. The second kappa shape index (κ2) is 6.94. The SMILES string of the molecule is CN1CC=C(c2cn(S(=O)(=O)c3ccccc3)c3ccc(F)cc23)CCC1. The van der Waals surface area contributed by atoms with Crippen LogP contribution in [0.5, 0.6) is 0 Å². The van der Waals surface area contributed by atoms with E-state index >= 15 is 0 Å². The minimum Gasteiger partial charge on any atom is -0.303 e. The number of allylic oxidation sites excluding steroid dienone is 1. The topological polar surface area (TPSA) is 42.3 Å². The van der Waals surface area contributed by atoms with Crippen LogP contribution in [0, 0.1) is 5.82 Å². The number of benzene rings is 2. The molecule has 0 amide bonds. The second-order valence-corrected chi connectivity index (χ2v) is 8.73. The zero-order chi connectivity index (χ0) is 19.0. The van der Waals surface area contributed by atoms with E-state index in [1.54, 1.807) is 36.5 Å². The van der Waals surface area contributed by atoms with E-state index in [-0.39, 0.29) is 10.7 Å². The molecule has 0 saturated heterocycles. The molecule has 2 aromatic carbocycles. The number of fused-ring (bicyclic) bond motifs is 1. The van der Waals surface area contributed by atoms with Crippen LogP contribution < -0.4 is 0 Å². The minimum absolute atomic E-state index is 0.215. The first-order valence-corrected chi connectivity index (χ1v) is 10.4. The van der Waals surface area contributed by atoms with E-state index in [4.69, 9.17) is 0 Å². The first-order valence-electron chi connectivity index (χ1n) is 8.96. The van der Waals surface area contributed by atoms with Gasteiger partial charge in [0.1, 0.15) is 5.82 Å². The zero-order valence-electron chi connectivity index (χ0n) is 15.1. The summed E-state index contributed by atoms with van der Waals surface area (Å²) in [6, 6.07) is 12.6. The molecular weight excluding hydrogens is 363 g/mol. The predicted molar refractivity (Wildman–Crippen MR) is 106 cm³/mol. The maximum absolute atomic E-state index is 14.0. The van der Waals surface area contributed by atoms with Gasteiger partial charge in [-0.3, -0.25) is 0 Å². The highest BCUT2D eigenvalue weighted by Crippen LogP contribution is 2.33. The van der Waals surface area contributed by atoms with Crippen molar-refractivity contribution in [3.63, 3.8) is 0 Å².